The highest BCUT2D eigenvalue weighted by atomic mass is 32.1. The van der Waals surface area contributed by atoms with Gasteiger partial charge in [-0.15, -0.1) is 11.3 Å². The molecule has 0 radical (unpaired) electrons. The van der Waals surface area contributed by atoms with E-state index < -0.39 is 17.7 Å². The van der Waals surface area contributed by atoms with Gasteiger partial charge in [0.15, 0.2) is 11.5 Å². The zero-order valence-corrected chi connectivity index (χ0v) is 18.6. The number of fused-ring (bicyclic) bond motifs is 1. The number of aromatic carboxylic acids is 1. The Kier molecular flexibility index (Phi) is 5.88. The number of amides is 1. The van der Waals surface area contributed by atoms with Crippen LogP contribution in [0, 0.1) is 5.82 Å². The predicted octanol–water partition coefficient (Wildman–Crippen LogP) is 5.52. The summed E-state index contributed by atoms with van der Waals surface area (Å²) in [5.41, 5.74) is 1.84. The number of halogens is 1. The molecule has 32 heavy (non-hydrogen) atoms. The Morgan fingerprint density at radius 2 is 2.00 bits per heavy atom. The third kappa shape index (κ3) is 3.93. The van der Waals surface area contributed by atoms with Gasteiger partial charge in [0.05, 0.1) is 18.9 Å². The maximum absolute atomic E-state index is 13.9. The van der Waals surface area contributed by atoms with E-state index in [9.17, 15) is 19.1 Å². The lowest BCUT2D eigenvalue weighted by Gasteiger charge is -2.27. The molecule has 0 fully saturated rings. The molecule has 1 atom stereocenters. The first-order valence-corrected chi connectivity index (χ1v) is 10.9. The molecular formula is C24H22FNO5S. The van der Waals surface area contributed by atoms with Crippen LogP contribution in [0.25, 0.3) is 11.1 Å². The fraction of sp³-hybridized carbons (Fsp3) is 0.250. The lowest BCUT2D eigenvalue weighted by atomic mass is 9.88. The van der Waals surface area contributed by atoms with E-state index in [0.717, 1.165) is 16.9 Å². The summed E-state index contributed by atoms with van der Waals surface area (Å²) in [6.45, 7) is 3.79. The number of carboxylic acids is 1. The minimum atomic E-state index is -1.14. The topological polar surface area (TPSA) is 84.9 Å². The van der Waals surface area contributed by atoms with Gasteiger partial charge in [-0.2, -0.15) is 0 Å². The summed E-state index contributed by atoms with van der Waals surface area (Å²) >= 11 is 1.08. The first-order chi connectivity index (χ1) is 15.3. The first kappa shape index (κ1) is 21.8. The molecule has 0 unspecified atom stereocenters. The lowest BCUT2D eigenvalue weighted by molar-refractivity contribution is -0.116. The molecule has 0 saturated carbocycles. The molecule has 1 amide bonds. The molecule has 0 saturated heterocycles. The van der Waals surface area contributed by atoms with Crippen molar-refractivity contribution in [2.24, 2.45) is 0 Å². The van der Waals surface area contributed by atoms with E-state index in [4.69, 9.17) is 9.47 Å². The van der Waals surface area contributed by atoms with Gasteiger partial charge in [-0.05, 0) is 37.6 Å². The highest BCUT2D eigenvalue weighted by Gasteiger charge is 2.36. The van der Waals surface area contributed by atoms with Crippen molar-refractivity contribution >= 4 is 28.9 Å². The number of methoxy groups -OCH3 is 1. The third-order valence-electron chi connectivity index (χ3n) is 5.17. The van der Waals surface area contributed by atoms with Gasteiger partial charge < -0.3 is 19.9 Å². The minimum Gasteiger partial charge on any atom is -0.493 e. The number of anilines is 1. The molecule has 0 spiro atoms. The molecule has 2 aromatic carbocycles. The van der Waals surface area contributed by atoms with Gasteiger partial charge in [0, 0.05) is 28.3 Å². The van der Waals surface area contributed by atoms with Crippen LogP contribution >= 0.6 is 11.3 Å². The number of benzene rings is 2. The number of ether oxygens (including phenoxy) is 2. The van der Waals surface area contributed by atoms with Crippen LogP contribution < -0.4 is 14.8 Å². The van der Waals surface area contributed by atoms with Crippen LogP contribution in [-0.2, 0) is 4.79 Å². The van der Waals surface area contributed by atoms with Crippen molar-refractivity contribution in [3.05, 3.63) is 63.6 Å². The Hall–Kier alpha value is -3.39. The molecule has 6 nitrogen and oxygen atoms in total. The minimum absolute atomic E-state index is 0.0435. The number of hydrogen-bond acceptors (Lipinski definition) is 5. The summed E-state index contributed by atoms with van der Waals surface area (Å²) in [5, 5.41) is 12.7. The molecule has 0 bridgehead atoms. The molecule has 166 valence electrons. The van der Waals surface area contributed by atoms with E-state index in [-0.39, 0.29) is 23.3 Å². The number of carbonyl (C=O) groups is 2. The zero-order chi connectivity index (χ0) is 23.0. The second-order valence-electron chi connectivity index (χ2n) is 7.71. The highest BCUT2D eigenvalue weighted by Crippen LogP contribution is 2.52. The molecule has 2 N–H and O–H groups in total. The van der Waals surface area contributed by atoms with E-state index in [1.165, 1.54) is 18.2 Å². The predicted molar refractivity (Wildman–Crippen MR) is 121 cm³/mol. The Bertz CT molecular complexity index is 1200. The number of hydrogen-bond donors (Lipinski definition) is 2. The maximum Gasteiger partial charge on any atom is 0.346 e. The van der Waals surface area contributed by atoms with Crippen molar-refractivity contribution in [1.82, 2.24) is 0 Å². The Balaban J connectivity index is 1.95. The molecular weight excluding hydrogens is 433 g/mol. The second-order valence-corrected chi connectivity index (χ2v) is 8.76. The van der Waals surface area contributed by atoms with E-state index in [1.807, 2.05) is 26.0 Å². The van der Waals surface area contributed by atoms with Gasteiger partial charge in [-0.1, -0.05) is 24.3 Å². The van der Waals surface area contributed by atoms with Crippen LogP contribution in [0.1, 0.15) is 46.3 Å². The van der Waals surface area contributed by atoms with Crippen molar-refractivity contribution < 1.29 is 28.6 Å². The number of thiophene rings is 1. The van der Waals surface area contributed by atoms with Gasteiger partial charge in [0.1, 0.15) is 10.7 Å². The monoisotopic (exact) mass is 455 g/mol. The lowest BCUT2D eigenvalue weighted by Crippen LogP contribution is -2.23. The Labute approximate surface area is 188 Å². The molecule has 3 aromatic rings. The molecule has 1 aliphatic rings. The number of nitrogens with one attached hydrogen (secondary N) is 1. The quantitative estimate of drug-likeness (QED) is 0.511. The van der Waals surface area contributed by atoms with Crippen molar-refractivity contribution in [2.75, 3.05) is 12.4 Å². The molecule has 1 aromatic heterocycles. The van der Waals surface area contributed by atoms with Crippen LogP contribution in [0.2, 0.25) is 0 Å². The maximum atomic E-state index is 13.9. The standard InChI is InChI=1S/C24H22FNO5S/c1-12(2)31-21-15(8-5-9-17(21)30-3)16-11-18(27)26-20-19(13-6-4-7-14(25)10-13)23(24(28)29)32-22(16)20/h4-10,12,16H,11H2,1-3H3,(H,26,27)(H,28,29)/t16-/m0/s1. The molecule has 1 aliphatic heterocycles. The SMILES string of the molecule is COc1cccc([C@@H]2CC(=O)Nc3c2sc(C(=O)O)c3-c2cccc(F)c2)c1OC(C)C. The Morgan fingerprint density at radius 1 is 1.25 bits per heavy atom. The van der Waals surface area contributed by atoms with Crippen molar-refractivity contribution in [3.63, 3.8) is 0 Å². The first-order valence-electron chi connectivity index (χ1n) is 10.1. The van der Waals surface area contributed by atoms with Crippen LogP contribution in [0.15, 0.2) is 42.5 Å². The van der Waals surface area contributed by atoms with Crippen LogP contribution in [0.5, 0.6) is 11.5 Å². The summed E-state index contributed by atoms with van der Waals surface area (Å²) in [7, 11) is 1.54. The molecule has 2 heterocycles. The van der Waals surface area contributed by atoms with E-state index in [0.29, 0.717) is 33.2 Å². The normalized spacial score (nSPS) is 15.3. The fourth-order valence-corrected chi connectivity index (χ4v) is 5.17. The Morgan fingerprint density at radius 3 is 2.66 bits per heavy atom. The van der Waals surface area contributed by atoms with Gasteiger partial charge in [0.25, 0.3) is 0 Å². The summed E-state index contributed by atoms with van der Waals surface area (Å²) in [5.74, 6) is -1.27. The fourth-order valence-electron chi connectivity index (χ4n) is 3.94. The average Bonchev–Trinajstić information content (AvgIpc) is 3.12. The summed E-state index contributed by atoms with van der Waals surface area (Å²) < 4.78 is 25.5. The molecule has 8 heteroatoms. The summed E-state index contributed by atoms with van der Waals surface area (Å²) in [6, 6.07) is 11.1. The van der Waals surface area contributed by atoms with E-state index >= 15 is 0 Å². The zero-order valence-electron chi connectivity index (χ0n) is 17.8. The van der Waals surface area contributed by atoms with Gasteiger partial charge in [-0.3, -0.25) is 4.79 Å². The largest absolute Gasteiger partial charge is 0.493 e. The van der Waals surface area contributed by atoms with E-state index in [1.54, 1.807) is 19.2 Å². The third-order valence-corrected chi connectivity index (χ3v) is 6.46. The number of rotatable bonds is 6. The number of carbonyl (C=O) groups excluding carboxylic acids is 1. The summed E-state index contributed by atoms with van der Waals surface area (Å²) in [4.78, 5) is 25.5. The van der Waals surface area contributed by atoms with Crippen molar-refractivity contribution in [2.45, 2.75) is 32.3 Å². The van der Waals surface area contributed by atoms with Crippen LogP contribution in [0.4, 0.5) is 10.1 Å². The summed E-state index contributed by atoms with van der Waals surface area (Å²) in [6.07, 6.45) is -0.0146. The average molecular weight is 456 g/mol. The van der Waals surface area contributed by atoms with Crippen LogP contribution in [0.3, 0.4) is 0 Å². The van der Waals surface area contributed by atoms with Gasteiger partial charge in [-0.25, -0.2) is 9.18 Å². The van der Waals surface area contributed by atoms with Gasteiger partial charge >= 0.3 is 5.97 Å². The van der Waals surface area contributed by atoms with Gasteiger partial charge in [0.2, 0.25) is 5.91 Å². The number of carboxylic acid groups (broad SMARTS) is 1. The molecule has 4 rings (SSSR count). The van der Waals surface area contributed by atoms with E-state index in [2.05, 4.69) is 5.32 Å². The highest BCUT2D eigenvalue weighted by molar-refractivity contribution is 7.15. The van der Waals surface area contributed by atoms with Crippen molar-refractivity contribution in [1.29, 1.82) is 0 Å². The second kappa shape index (κ2) is 8.63. The number of para-hydroxylation sites is 1. The van der Waals surface area contributed by atoms with Crippen LogP contribution in [-0.4, -0.2) is 30.2 Å². The van der Waals surface area contributed by atoms with Crippen molar-refractivity contribution in [3.8, 4) is 22.6 Å². The smallest absolute Gasteiger partial charge is 0.346 e. The molecule has 0 aliphatic carbocycles.